The molecule has 21 heavy (non-hydrogen) atoms. The van der Waals surface area contributed by atoms with Gasteiger partial charge in [0.1, 0.15) is 5.03 Å². The molecule has 0 bridgehead atoms. The van der Waals surface area contributed by atoms with Crippen molar-refractivity contribution in [1.82, 2.24) is 4.98 Å². The Balaban J connectivity index is 3.13. The van der Waals surface area contributed by atoms with Gasteiger partial charge in [-0.15, -0.1) is 0 Å². The number of carbonyl (C=O) groups excluding carboxylic acids is 1. The van der Waals surface area contributed by atoms with E-state index in [1.165, 1.54) is 6.92 Å². The minimum Gasteiger partial charge on any atom is -0.396 e. The molecule has 0 atom stereocenters. The lowest BCUT2D eigenvalue weighted by Crippen LogP contribution is -2.28. The fourth-order valence-corrected chi connectivity index (χ4v) is 2.23. The number of aromatic nitrogens is 1. The van der Waals surface area contributed by atoms with Crippen LogP contribution in [0.25, 0.3) is 0 Å². The number of nitrogens with zero attached hydrogens (tertiary/aromatic N) is 1. The second-order valence-electron chi connectivity index (χ2n) is 3.73. The smallest absolute Gasteiger partial charge is 0.396 e. The van der Waals surface area contributed by atoms with Crippen LogP contribution in [0.15, 0.2) is 11.1 Å². The Hall–Kier alpha value is -1.69. The number of carbonyl (C=O) groups is 1. The van der Waals surface area contributed by atoms with Gasteiger partial charge in [-0.05, 0) is 12.5 Å². The predicted octanol–water partition coefficient (Wildman–Crippen LogP) is 0.778. The predicted molar refractivity (Wildman–Crippen MR) is 68.9 cm³/mol. The fourth-order valence-electron chi connectivity index (χ4n) is 1.08. The first kappa shape index (κ1) is 17.4. The Morgan fingerprint density at radius 3 is 2.52 bits per heavy atom. The number of thioether (sulfide) groups is 1. The van der Waals surface area contributed by atoms with Crippen molar-refractivity contribution in [3.63, 3.8) is 0 Å². The van der Waals surface area contributed by atoms with Gasteiger partial charge in [-0.25, -0.2) is 4.98 Å². The number of alkyl halides is 3. The molecule has 0 fully saturated rings. The summed E-state index contributed by atoms with van der Waals surface area (Å²) in [5.41, 5.74) is 5.29. The van der Waals surface area contributed by atoms with E-state index in [0.717, 1.165) is 17.8 Å². The molecule has 1 aromatic rings. The van der Waals surface area contributed by atoms with Gasteiger partial charge in [-0.3, -0.25) is 4.79 Å². The summed E-state index contributed by atoms with van der Waals surface area (Å²) in [6.45, 7) is 1.42. The minimum absolute atomic E-state index is 0.0545. The normalized spacial score (nSPS) is 12.2. The number of amides is 1. The van der Waals surface area contributed by atoms with Crippen LogP contribution in [-0.4, -0.2) is 30.6 Å². The highest BCUT2D eigenvalue weighted by molar-refractivity contribution is 8.00. The highest BCUT2D eigenvalue weighted by Gasteiger charge is 2.48. The van der Waals surface area contributed by atoms with Gasteiger partial charge in [-0.2, -0.15) is 21.6 Å². The van der Waals surface area contributed by atoms with E-state index in [0.29, 0.717) is 0 Å². The third kappa shape index (κ3) is 4.39. The van der Waals surface area contributed by atoms with Crippen molar-refractivity contribution in [3.8, 4) is 5.88 Å². The van der Waals surface area contributed by atoms with Gasteiger partial charge >= 0.3 is 15.6 Å². The number of hydrogen-bond donors (Lipinski definition) is 2. The molecule has 0 aromatic carbocycles. The number of halogens is 3. The minimum atomic E-state index is -5.83. The lowest BCUT2D eigenvalue weighted by Gasteiger charge is -2.12. The molecule has 1 heterocycles. The van der Waals surface area contributed by atoms with Crippen molar-refractivity contribution < 1.29 is 30.6 Å². The molecule has 0 spiro atoms. The summed E-state index contributed by atoms with van der Waals surface area (Å²) in [6.07, 6.45) is 0. The third-order valence-electron chi connectivity index (χ3n) is 2.04. The summed E-state index contributed by atoms with van der Waals surface area (Å²) in [5.74, 6) is -1.73. The van der Waals surface area contributed by atoms with E-state index in [9.17, 15) is 26.4 Å². The van der Waals surface area contributed by atoms with Crippen molar-refractivity contribution in [2.45, 2.75) is 17.5 Å². The Labute approximate surface area is 122 Å². The van der Waals surface area contributed by atoms with E-state index in [2.05, 4.69) is 9.17 Å². The summed E-state index contributed by atoms with van der Waals surface area (Å²) in [7, 11) is -5.83. The van der Waals surface area contributed by atoms with Crippen molar-refractivity contribution in [2.75, 3.05) is 11.5 Å². The molecule has 118 valence electrons. The van der Waals surface area contributed by atoms with Gasteiger partial charge < -0.3 is 15.7 Å². The SMILES string of the molecule is Cc1cc(OS(=O)(=O)C(F)(F)F)nc(SCC(N)=O)c1N. The van der Waals surface area contributed by atoms with Crippen molar-refractivity contribution in [2.24, 2.45) is 5.73 Å². The first-order chi connectivity index (χ1) is 9.44. The number of aryl methyl sites for hydroxylation is 1. The van der Waals surface area contributed by atoms with Crippen LogP contribution in [-0.2, 0) is 14.9 Å². The molecule has 0 aliphatic heterocycles. The van der Waals surface area contributed by atoms with Crippen LogP contribution in [0.3, 0.4) is 0 Å². The fraction of sp³-hybridized carbons (Fsp3) is 0.333. The Bertz CT molecular complexity index is 661. The van der Waals surface area contributed by atoms with Crippen LogP contribution in [0.4, 0.5) is 18.9 Å². The number of primary amides is 1. The zero-order valence-corrected chi connectivity index (χ0v) is 12.1. The maximum atomic E-state index is 12.2. The van der Waals surface area contributed by atoms with Gasteiger partial charge in [0.25, 0.3) is 0 Å². The zero-order chi connectivity index (χ0) is 16.4. The molecule has 4 N–H and O–H groups in total. The Morgan fingerprint density at radius 1 is 1.48 bits per heavy atom. The van der Waals surface area contributed by atoms with Gasteiger partial charge in [0.2, 0.25) is 11.8 Å². The highest BCUT2D eigenvalue weighted by Crippen LogP contribution is 2.31. The molecule has 0 aliphatic rings. The second kappa shape index (κ2) is 5.97. The monoisotopic (exact) mass is 345 g/mol. The largest absolute Gasteiger partial charge is 0.534 e. The van der Waals surface area contributed by atoms with Crippen LogP contribution >= 0.6 is 11.8 Å². The molecule has 7 nitrogen and oxygen atoms in total. The van der Waals surface area contributed by atoms with Crippen molar-refractivity contribution in [3.05, 3.63) is 11.6 Å². The lowest BCUT2D eigenvalue weighted by molar-refractivity contribution is -0.115. The van der Waals surface area contributed by atoms with Gasteiger partial charge in [-0.1, -0.05) is 11.8 Å². The van der Waals surface area contributed by atoms with Crippen molar-refractivity contribution >= 4 is 33.5 Å². The maximum absolute atomic E-state index is 12.2. The number of rotatable bonds is 5. The Morgan fingerprint density at radius 2 is 2.05 bits per heavy atom. The van der Waals surface area contributed by atoms with Crippen LogP contribution in [0.5, 0.6) is 5.88 Å². The van der Waals surface area contributed by atoms with Gasteiger partial charge in [0.05, 0.1) is 11.4 Å². The lowest BCUT2D eigenvalue weighted by atomic mass is 10.2. The number of anilines is 1. The summed E-state index contributed by atoms with van der Waals surface area (Å²) in [6, 6.07) is 0.937. The van der Waals surface area contributed by atoms with Gasteiger partial charge in [0, 0.05) is 6.07 Å². The molecule has 0 saturated heterocycles. The molecule has 0 aliphatic carbocycles. The topological polar surface area (TPSA) is 125 Å². The first-order valence-electron chi connectivity index (χ1n) is 5.13. The molecule has 0 radical (unpaired) electrons. The van der Waals surface area contributed by atoms with E-state index < -0.39 is 27.4 Å². The first-order valence-corrected chi connectivity index (χ1v) is 7.52. The van der Waals surface area contributed by atoms with E-state index in [1.54, 1.807) is 0 Å². The van der Waals surface area contributed by atoms with Crippen LogP contribution in [0, 0.1) is 6.92 Å². The van der Waals surface area contributed by atoms with E-state index in [4.69, 9.17) is 11.5 Å². The van der Waals surface area contributed by atoms with E-state index in [1.807, 2.05) is 0 Å². The molecule has 0 unspecified atom stereocenters. The van der Waals surface area contributed by atoms with Crippen LogP contribution in [0.2, 0.25) is 0 Å². The molecular weight excluding hydrogens is 335 g/mol. The number of nitrogens with two attached hydrogens (primary N) is 2. The summed E-state index contributed by atoms with van der Waals surface area (Å²) in [4.78, 5) is 14.2. The van der Waals surface area contributed by atoms with Crippen molar-refractivity contribution in [1.29, 1.82) is 0 Å². The molecule has 1 amide bonds. The van der Waals surface area contributed by atoms with Crippen LogP contribution < -0.4 is 15.7 Å². The average Bonchev–Trinajstić information content (AvgIpc) is 2.29. The molecule has 12 heteroatoms. The average molecular weight is 345 g/mol. The standard InChI is InChI=1S/C9H10F3N3O4S2/c1-4-2-6(19-21(17,18)9(10,11)12)15-8(7(4)14)20-3-5(13)16/h2H,3,14H2,1H3,(H2,13,16). The summed E-state index contributed by atoms with van der Waals surface area (Å²) in [5, 5.41) is -0.0545. The van der Waals surface area contributed by atoms with Gasteiger partial charge in [0.15, 0.2) is 0 Å². The van der Waals surface area contributed by atoms with E-state index in [-0.39, 0.29) is 22.0 Å². The molecule has 1 aromatic heterocycles. The Kier molecular flexibility index (Phi) is 4.94. The van der Waals surface area contributed by atoms with E-state index >= 15 is 0 Å². The van der Waals surface area contributed by atoms with Crippen LogP contribution in [0.1, 0.15) is 5.56 Å². The second-order valence-corrected chi connectivity index (χ2v) is 6.24. The summed E-state index contributed by atoms with van der Waals surface area (Å²) < 4.78 is 62.4. The summed E-state index contributed by atoms with van der Waals surface area (Å²) >= 11 is 0.750. The third-order valence-corrected chi connectivity index (χ3v) is 4.01. The number of nitrogen functional groups attached to an aromatic ring is 1. The highest BCUT2D eigenvalue weighted by atomic mass is 32.2. The molecule has 0 saturated carbocycles. The maximum Gasteiger partial charge on any atom is 0.534 e. The molecule has 1 rings (SSSR count). The number of pyridine rings is 1. The zero-order valence-electron chi connectivity index (χ0n) is 10.5. The number of hydrogen-bond acceptors (Lipinski definition) is 7. The molecular formula is C9H10F3N3O4S2. The quantitative estimate of drug-likeness (QED) is 0.459.